The lowest BCUT2D eigenvalue weighted by molar-refractivity contribution is 0.0927. The van der Waals surface area contributed by atoms with Gasteiger partial charge in [0.05, 0.1) is 5.69 Å². The van der Waals surface area contributed by atoms with Crippen LogP contribution in [0.2, 0.25) is 0 Å². The van der Waals surface area contributed by atoms with Gasteiger partial charge >= 0.3 is 0 Å². The first kappa shape index (κ1) is 18.7. The molecule has 5 nitrogen and oxygen atoms in total. The van der Waals surface area contributed by atoms with Crippen molar-refractivity contribution in [2.75, 3.05) is 36.0 Å². The number of pyridine rings is 1. The lowest BCUT2D eigenvalue weighted by Crippen LogP contribution is -2.47. The van der Waals surface area contributed by atoms with E-state index in [1.807, 2.05) is 18.2 Å². The fourth-order valence-electron chi connectivity index (χ4n) is 4.13. The second-order valence-electron chi connectivity index (χ2n) is 7.64. The predicted molar refractivity (Wildman–Crippen MR) is 109 cm³/mol. The van der Waals surface area contributed by atoms with Gasteiger partial charge in [-0.1, -0.05) is 31.4 Å². The number of halogens is 1. The molecule has 6 heteroatoms. The minimum atomic E-state index is -0.185. The Morgan fingerprint density at radius 2 is 1.71 bits per heavy atom. The highest BCUT2D eigenvalue weighted by atomic mass is 19.1. The average molecular weight is 382 g/mol. The summed E-state index contributed by atoms with van der Waals surface area (Å²) in [5, 5.41) is 3.16. The monoisotopic (exact) mass is 382 g/mol. The van der Waals surface area contributed by atoms with Gasteiger partial charge in [0.1, 0.15) is 11.6 Å². The molecule has 1 amide bonds. The Morgan fingerprint density at radius 3 is 2.46 bits per heavy atom. The third-order valence-electron chi connectivity index (χ3n) is 5.74. The van der Waals surface area contributed by atoms with Gasteiger partial charge in [-0.15, -0.1) is 0 Å². The maximum atomic E-state index is 14.0. The summed E-state index contributed by atoms with van der Waals surface area (Å²) in [5.74, 6) is 0.612. The molecule has 1 aromatic carbocycles. The quantitative estimate of drug-likeness (QED) is 0.878. The molecule has 1 aliphatic heterocycles. The van der Waals surface area contributed by atoms with Crippen LogP contribution in [-0.2, 0) is 0 Å². The predicted octanol–water partition coefficient (Wildman–Crippen LogP) is 3.61. The zero-order valence-corrected chi connectivity index (χ0v) is 16.1. The van der Waals surface area contributed by atoms with Gasteiger partial charge in [0.25, 0.3) is 5.91 Å². The molecule has 0 spiro atoms. The number of benzene rings is 1. The van der Waals surface area contributed by atoms with E-state index < -0.39 is 0 Å². The fraction of sp³-hybridized carbons (Fsp3) is 0.455. The van der Waals surface area contributed by atoms with E-state index in [0.717, 1.165) is 44.8 Å². The summed E-state index contributed by atoms with van der Waals surface area (Å²) in [6.07, 6.45) is 7.50. The largest absolute Gasteiger partial charge is 0.366 e. The number of carbonyl (C=O) groups excluding carboxylic acids is 1. The summed E-state index contributed by atoms with van der Waals surface area (Å²) < 4.78 is 14.0. The lowest BCUT2D eigenvalue weighted by Gasteiger charge is -2.36. The number of hydrogen-bond donors (Lipinski definition) is 1. The van der Waals surface area contributed by atoms with Gasteiger partial charge in [-0.25, -0.2) is 9.37 Å². The Morgan fingerprint density at radius 1 is 1.00 bits per heavy atom. The minimum absolute atomic E-state index is 0.0134. The average Bonchev–Trinajstić information content (AvgIpc) is 2.75. The van der Waals surface area contributed by atoms with Gasteiger partial charge < -0.3 is 15.1 Å². The first-order valence-electron chi connectivity index (χ1n) is 10.2. The lowest BCUT2D eigenvalue weighted by atomic mass is 9.95. The number of para-hydroxylation sites is 1. The zero-order valence-electron chi connectivity index (χ0n) is 16.1. The van der Waals surface area contributed by atoms with Gasteiger partial charge in [-0.2, -0.15) is 0 Å². The fourth-order valence-corrected chi connectivity index (χ4v) is 4.13. The highest BCUT2D eigenvalue weighted by molar-refractivity contribution is 5.95. The van der Waals surface area contributed by atoms with Gasteiger partial charge in [-0.3, -0.25) is 4.79 Å². The van der Waals surface area contributed by atoms with Crippen LogP contribution >= 0.6 is 0 Å². The van der Waals surface area contributed by atoms with E-state index in [0.29, 0.717) is 17.3 Å². The molecule has 28 heavy (non-hydrogen) atoms. The number of carbonyl (C=O) groups is 1. The Hall–Kier alpha value is -2.63. The molecule has 1 aromatic heterocycles. The Labute approximate surface area is 165 Å². The van der Waals surface area contributed by atoms with Crippen LogP contribution in [0.5, 0.6) is 0 Å². The van der Waals surface area contributed by atoms with Crippen LogP contribution in [-0.4, -0.2) is 43.1 Å². The van der Waals surface area contributed by atoms with Crippen LogP contribution in [0.3, 0.4) is 0 Å². The van der Waals surface area contributed by atoms with Crippen LogP contribution in [0.15, 0.2) is 42.6 Å². The number of hydrogen-bond acceptors (Lipinski definition) is 4. The van der Waals surface area contributed by atoms with Crippen molar-refractivity contribution in [3.8, 4) is 0 Å². The van der Waals surface area contributed by atoms with Crippen molar-refractivity contribution in [3.05, 3.63) is 54.0 Å². The normalized spacial score (nSPS) is 18.2. The molecule has 4 rings (SSSR count). The molecule has 0 radical (unpaired) electrons. The number of anilines is 2. The molecule has 148 valence electrons. The van der Waals surface area contributed by atoms with Crippen molar-refractivity contribution >= 4 is 17.4 Å². The first-order chi connectivity index (χ1) is 13.7. The van der Waals surface area contributed by atoms with E-state index in [2.05, 4.69) is 20.1 Å². The molecular formula is C22H27FN4O. The molecule has 1 N–H and O–H groups in total. The second-order valence-corrected chi connectivity index (χ2v) is 7.64. The van der Waals surface area contributed by atoms with Crippen molar-refractivity contribution in [2.45, 2.75) is 38.1 Å². The van der Waals surface area contributed by atoms with Crippen molar-refractivity contribution in [3.63, 3.8) is 0 Å². The molecule has 2 aromatic rings. The Bertz CT molecular complexity index is 814. The summed E-state index contributed by atoms with van der Waals surface area (Å²) >= 11 is 0. The summed E-state index contributed by atoms with van der Waals surface area (Å²) in [6, 6.07) is 10.8. The SMILES string of the molecule is O=C(NC1CCCCC1)c1ccnc(N2CCN(c3ccccc3F)CC2)c1. The standard InChI is InChI=1S/C22H27FN4O/c23-19-8-4-5-9-20(19)26-12-14-27(15-13-26)21-16-17(10-11-24-21)22(28)25-18-6-2-1-3-7-18/h4-5,8-11,16,18H,1-3,6-7,12-15H2,(H,25,28). The smallest absolute Gasteiger partial charge is 0.251 e. The molecular weight excluding hydrogens is 355 g/mol. The summed E-state index contributed by atoms with van der Waals surface area (Å²) in [5.41, 5.74) is 1.31. The minimum Gasteiger partial charge on any atom is -0.366 e. The van der Waals surface area contributed by atoms with Crippen molar-refractivity contribution < 1.29 is 9.18 Å². The van der Waals surface area contributed by atoms with Gasteiger partial charge in [0, 0.05) is 44.0 Å². The van der Waals surface area contributed by atoms with E-state index >= 15 is 0 Å². The molecule has 0 atom stereocenters. The highest BCUT2D eigenvalue weighted by Crippen LogP contribution is 2.23. The first-order valence-corrected chi connectivity index (χ1v) is 10.2. The van der Waals surface area contributed by atoms with Crippen molar-refractivity contribution in [1.29, 1.82) is 0 Å². The van der Waals surface area contributed by atoms with E-state index in [1.165, 1.54) is 25.3 Å². The molecule has 2 heterocycles. The van der Waals surface area contributed by atoms with Gasteiger partial charge in [-0.05, 0) is 37.1 Å². The topological polar surface area (TPSA) is 48.5 Å². The summed E-state index contributed by atoms with van der Waals surface area (Å²) in [6.45, 7) is 2.94. The van der Waals surface area contributed by atoms with Crippen LogP contribution < -0.4 is 15.1 Å². The Kier molecular flexibility index (Phi) is 5.74. The molecule has 2 aliphatic rings. The van der Waals surface area contributed by atoms with E-state index in [9.17, 15) is 9.18 Å². The molecule has 0 bridgehead atoms. The number of amides is 1. The number of aromatic nitrogens is 1. The maximum Gasteiger partial charge on any atom is 0.251 e. The van der Waals surface area contributed by atoms with Crippen molar-refractivity contribution in [2.24, 2.45) is 0 Å². The van der Waals surface area contributed by atoms with Crippen LogP contribution in [0.4, 0.5) is 15.9 Å². The molecule has 1 aliphatic carbocycles. The third-order valence-corrected chi connectivity index (χ3v) is 5.74. The van der Waals surface area contributed by atoms with Crippen molar-refractivity contribution in [1.82, 2.24) is 10.3 Å². The van der Waals surface area contributed by atoms with E-state index in [1.54, 1.807) is 18.3 Å². The van der Waals surface area contributed by atoms with E-state index in [4.69, 9.17) is 0 Å². The molecule has 1 saturated heterocycles. The summed E-state index contributed by atoms with van der Waals surface area (Å²) in [7, 11) is 0. The third kappa shape index (κ3) is 4.26. The zero-order chi connectivity index (χ0) is 19.3. The Balaban J connectivity index is 1.38. The van der Waals surface area contributed by atoms with Crippen LogP contribution in [0, 0.1) is 5.82 Å². The van der Waals surface area contributed by atoms with E-state index in [-0.39, 0.29) is 11.7 Å². The number of nitrogens with zero attached hydrogens (tertiary/aromatic N) is 3. The molecule has 0 unspecified atom stereocenters. The molecule has 2 fully saturated rings. The van der Waals surface area contributed by atoms with Gasteiger partial charge in [0.15, 0.2) is 0 Å². The van der Waals surface area contributed by atoms with Crippen LogP contribution in [0.1, 0.15) is 42.5 Å². The van der Waals surface area contributed by atoms with Crippen LogP contribution in [0.25, 0.3) is 0 Å². The van der Waals surface area contributed by atoms with Gasteiger partial charge in [0.2, 0.25) is 0 Å². The number of rotatable bonds is 4. The maximum absolute atomic E-state index is 14.0. The second kappa shape index (κ2) is 8.59. The number of nitrogens with one attached hydrogen (secondary N) is 1. The number of piperazine rings is 1. The molecule has 1 saturated carbocycles. The summed E-state index contributed by atoms with van der Waals surface area (Å²) in [4.78, 5) is 21.3. The highest BCUT2D eigenvalue weighted by Gasteiger charge is 2.22.